The smallest absolute Gasteiger partial charge is 0.178 e. The lowest BCUT2D eigenvalue weighted by Gasteiger charge is -2.27. The third-order valence-electron chi connectivity index (χ3n) is 3.28. The maximum Gasteiger partial charge on any atom is 0.178 e. The molecule has 0 saturated heterocycles. The number of ketones is 1. The summed E-state index contributed by atoms with van der Waals surface area (Å²) in [6.45, 7) is 6.75. The molecular weight excluding hydrogens is 269 g/mol. The lowest BCUT2D eigenvalue weighted by molar-refractivity contribution is 0.0907. The molecule has 0 aliphatic heterocycles. The van der Waals surface area contributed by atoms with E-state index in [1.807, 2.05) is 11.9 Å². The average molecular weight is 288 g/mol. The van der Waals surface area contributed by atoms with Gasteiger partial charge >= 0.3 is 0 Å². The Labute approximate surface area is 119 Å². The van der Waals surface area contributed by atoms with E-state index in [0.717, 1.165) is 0 Å². The number of rotatable bonds is 5. The Kier molecular flexibility index (Phi) is 5.64. The molecule has 0 spiro atoms. The van der Waals surface area contributed by atoms with Gasteiger partial charge in [-0.05, 0) is 38.1 Å². The van der Waals surface area contributed by atoms with E-state index in [1.54, 1.807) is 18.2 Å². The Bertz CT molecular complexity index is 432. The van der Waals surface area contributed by atoms with Gasteiger partial charge in [0.1, 0.15) is 0 Å². The number of halogens is 2. The first kappa shape index (κ1) is 15.5. The van der Waals surface area contributed by atoms with Crippen molar-refractivity contribution >= 4 is 29.0 Å². The minimum absolute atomic E-state index is 0.0201. The Morgan fingerprint density at radius 1 is 1.28 bits per heavy atom. The van der Waals surface area contributed by atoms with Crippen LogP contribution in [0.2, 0.25) is 10.0 Å². The Morgan fingerprint density at radius 2 is 1.89 bits per heavy atom. The highest BCUT2D eigenvalue weighted by Crippen LogP contribution is 2.22. The van der Waals surface area contributed by atoms with Gasteiger partial charge in [0.2, 0.25) is 0 Å². The van der Waals surface area contributed by atoms with Crippen molar-refractivity contribution in [3.8, 4) is 0 Å². The third-order valence-corrected chi connectivity index (χ3v) is 3.83. The third kappa shape index (κ3) is 3.98. The lowest BCUT2D eigenvalue weighted by atomic mass is 10.0. The standard InChI is InChI=1S/C14H19Cl2NO/c1-9(2)10(3)17(4)8-14(18)12-6-5-11(15)7-13(12)16/h5-7,9-10H,8H2,1-4H3. The molecule has 1 aromatic carbocycles. The summed E-state index contributed by atoms with van der Waals surface area (Å²) < 4.78 is 0. The monoisotopic (exact) mass is 287 g/mol. The molecule has 0 fully saturated rings. The molecule has 0 bridgehead atoms. The first-order chi connectivity index (χ1) is 8.32. The summed E-state index contributed by atoms with van der Waals surface area (Å²) in [4.78, 5) is 14.2. The van der Waals surface area contributed by atoms with E-state index in [-0.39, 0.29) is 5.78 Å². The molecule has 1 rings (SSSR count). The Morgan fingerprint density at radius 3 is 2.39 bits per heavy atom. The molecule has 18 heavy (non-hydrogen) atoms. The summed E-state index contributed by atoms with van der Waals surface area (Å²) >= 11 is 11.8. The molecule has 1 unspecified atom stereocenters. The van der Waals surface area contributed by atoms with Crippen LogP contribution in [-0.2, 0) is 0 Å². The van der Waals surface area contributed by atoms with Gasteiger partial charge in [-0.3, -0.25) is 9.69 Å². The van der Waals surface area contributed by atoms with Crippen molar-refractivity contribution in [1.82, 2.24) is 4.90 Å². The summed E-state index contributed by atoms with van der Waals surface area (Å²) in [5.41, 5.74) is 0.531. The number of Topliss-reactive ketones (excluding diaryl/α,β-unsaturated/α-hetero) is 1. The number of nitrogens with zero attached hydrogens (tertiary/aromatic N) is 1. The van der Waals surface area contributed by atoms with E-state index >= 15 is 0 Å². The zero-order valence-corrected chi connectivity index (χ0v) is 12.7. The van der Waals surface area contributed by atoms with Gasteiger partial charge in [-0.15, -0.1) is 0 Å². The van der Waals surface area contributed by atoms with E-state index in [2.05, 4.69) is 20.8 Å². The molecule has 0 radical (unpaired) electrons. The van der Waals surface area contributed by atoms with Gasteiger partial charge in [0.25, 0.3) is 0 Å². The quantitative estimate of drug-likeness (QED) is 0.758. The minimum atomic E-state index is 0.0201. The van der Waals surface area contributed by atoms with Crippen LogP contribution in [0.4, 0.5) is 0 Å². The fraction of sp³-hybridized carbons (Fsp3) is 0.500. The summed E-state index contributed by atoms with van der Waals surface area (Å²) in [7, 11) is 1.95. The molecule has 0 N–H and O–H groups in total. The van der Waals surface area contributed by atoms with Crippen molar-refractivity contribution in [2.45, 2.75) is 26.8 Å². The lowest BCUT2D eigenvalue weighted by Crippen LogP contribution is -2.37. The van der Waals surface area contributed by atoms with Crippen molar-refractivity contribution in [3.63, 3.8) is 0 Å². The zero-order chi connectivity index (χ0) is 13.9. The molecule has 0 saturated carbocycles. The number of hydrogen-bond donors (Lipinski definition) is 0. The Hall–Kier alpha value is -0.570. The average Bonchev–Trinajstić information content (AvgIpc) is 2.27. The van der Waals surface area contributed by atoms with Crippen molar-refractivity contribution in [1.29, 1.82) is 0 Å². The molecular formula is C14H19Cl2NO. The van der Waals surface area contributed by atoms with Gasteiger partial charge < -0.3 is 0 Å². The van der Waals surface area contributed by atoms with Gasteiger partial charge in [-0.25, -0.2) is 0 Å². The van der Waals surface area contributed by atoms with Crippen LogP contribution in [0.15, 0.2) is 18.2 Å². The molecule has 0 heterocycles. The molecule has 1 aromatic rings. The number of likely N-dealkylation sites (N-methyl/N-ethyl adjacent to an activating group) is 1. The normalized spacial score (nSPS) is 13.1. The predicted molar refractivity (Wildman–Crippen MR) is 77.7 cm³/mol. The SMILES string of the molecule is CC(C)C(C)N(C)CC(=O)c1ccc(Cl)cc1Cl. The molecule has 0 amide bonds. The largest absolute Gasteiger partial charge is 0.296 e. The number of benzene rings is 1. The second kappa shape index (κ2) is 6.55. The zero-order valence-electron chi connectivity index (χ0n) is 11.2. The second-order valence-electron chi connectivity index (χ2n) is 4.95. The first-order valence-corrected chi connectivity index (χ1v) is 6.77. The summed E-state index contributed by atoms with van der Waals surface area (Å²) in [6.07, 6.45) is 0. The summed E-state index contributed by atoms with van der Waals surface area (Å²) in [5, 5.41) is 0.957. The van der Waals surface area contributed by atoms with E-state index in [1.165, 1.54) is 0 Å². The van der Waals surface area contributed by atoms with Crippen molar-refractivity contribution < 1.29 is 4.79 Å². The highest BCUT2D eigenvalue weighted by atomic mass is 35.5. The number of carbonyl (C=O) groups is 1. The molecule has 2 nitrogen and oxygen atoms in total. The predicted octanol–water partition coefficient (Wildman–Crippen LogP) is 4.15. The van der Waals surface area contributed by atoms with E-state index in [9.17, 15) is 4.79 Å². The molecule has 0 aliphatic carbocycles. The van der Waals surface area contributed by atoms with Crippen molar-refractivity contribution in [2.75, 3.05) is 13.6 Å². The van der Waals surface area contributed by atoms with Gasteiger partial charge in [-0.1, -0.05) is 37.0 Å². The van der Waals surface area contributed by atoms with Gasteiger partial charge in [0.05, 0.1) is 11.6 Å². The molecule has 0 aliphatic rings. The summed E-state index contributed by atoms with van der Waals surface area (Å²) in [5.74, 6) is 0.523. The molecule has 1 atom stereocenters. The van der Waals surface area contributed by atoms with Crippen LogP contribution in [0.3, 0.4) is 0 Å². The number of carbonyl (C=O) groups excluding carboxylic acids is 1. The van der Waals surface area contributed by atoms with Gasteiger partial charge in [0, 0.05) is 16.6 Å². The summed E-state index contributed by atoms with van der Waals surface area (Å²) in [6, 6.07) is 5.32. The maximum atomic E-state index is 12.1. The van der Waals surface area contributed by atoms with Crippen molar-refractivity contribution in [2.24, 2.45) is 5.92 Å². The van der Waals surface area contributed by atoms with Crippen LogP contribution in [0.5, 0.6) is 0 Å². The topological polar surface area (TPSA) is 20.3 Å². The van der Waals surface area contributed by atoms with E-state index in [4.69, 9.17) is 23.2 Å². The first-order valence-electron chi connectivity index (χ1n) is 6.01. The molecule has 0 aromatic heterocycles. The highest BCUT2D eigenvalue weighted by Gasteiger charge is 2.18. The fourth-order valence-corrected chi connectivity index (χ4v) is 2.19. The van der Waals surface area contributed by atoms with Crippen molar-refractivity contribution in [3.05, 3.63) is 33.8 Å². The second-order valence-corrected chi connectivity index (χ2v) is 5.79. The van der Waals surface area contributed by atoms with Crippen LogP contribution < -0.4 is 0 Å². The van der Waals surface area contributed by atoms with Crippen LogP contribution in [-0.4, -0.2) is 30.3 Å². The minimum Gasteiger partial charge on any atom is -0.296 e. The van der Waals surface area contributed by atoms with Crippen LogP contribution in [0, 0.1) is 5.92 Å². The van der Waals surface area contributed by atoms with E-state index < -0.39 is 0 Å². The van der Waals surface area contributed by atoms with Crippen LogP contribution in [0.1, 0.15) is 31.1 Å². The van der Waals surface area contributed by atoms with Gasteiger partial charge in [-0.2, -0.15) is 0 Å². The van der Waals surface area contributed by atoms with Crippen LogP contribution >= 0.6 is 23.2 Å². The number of hydrogen-bond acceptors (Lipinski definition) is 2. The molecule has 100 valence electrons. The molecule has 4 heteroatoms. The van der Waals surface area contributed by atoms with Gasteiger partial charge in [0.15, 0.2) is 5.78 Å². The maximum absolute atomic E-state index is 12.1. The van der Waals surface area contributed by atoms with Crippen LogP contribution in [0.25, 0.3) is 0 Å². The fourth-order valence-electron chi connectivity index (χ4n) is 1.68. The Balaban J connectivity index is 2.76. The highest BCUT2D eigenvalue weighted by molar-refractivity contribution is 6.36. The van der Waals surface area contributed by atoms with E-state index in [0.29, 0.717) is 34.1 Å².